The van der Waals surface area contributed by atoms with Gasteiger partial charge in [0.1, 0.15) is 5.54 Å². The smallest absolute Gasteiger partial charge is 0.252 e. The minimum atomic E-state index is -0.697. The van der Waals surface area contributed by atoms with Crippen molar-refractivity contribution in [3.05, 3.63) is 42.7 Å². The molecule has 0 saturated carbocycles. The van der Waals surface area contributed by atoms with E-state index in [0.717, 1.165) is 18.8 Å². The second kappa shape index (κ2) is 7.06. The van der Waals surface area contributed by atoms with Crippen molar-refractivity contribution in [2.75, 3.05) is 30.4 Å². The number of nitrogens with zero attached hydrogens (tertiary/aromatic N) is 3. The summed E-state index contributed by atoms with van der Waals surface area (Å²) in [4.78, 5) is 26.2. The highest BCUT2D eigenvalue weighted by molar-refractivity contribution is 5.98. The topological polar surface area (TPSA) is 79.3 Å². The molecule has 1 saturated heterocycles. The maximum absolute atomic E-state index is 13.1. The molecular formula is C18H23N5O2. The van der Waals surface area contributed by atoms with Gasteiger partial charge in [-0.05, 0) is 50.2 Å². The summed E-state index contributed by atoms with van der Waals surface area (Å²) in [5, 5.41) is 10.6. The highest BCUT2D eigenvalue weighted by Crippen LogP contribution is 2.29. The number of aromatic nitrogens is 2. The van der Waals surface area contributed by atoms with Gasteiger partial charge in [0.05, 0.1) is 0 Å². The lowest BCUT2D eigenvalue weighted by molar-refractivity contribution is -0.126. The number of benzene rings is 1. The van der Waals surface area contributed by atoms with Crippen LogP contribution in [0.15, 0.2) is 42.7 Å². The maximum atomic E-state index is 13.1. The largest absolute Gasteiger partial charge is 0.324 e. The monoisotopic (exact) mass is 341 g/mol. The molecule has 2 amide bonds. The molecule has 0 radical (unpaired) electrons. The molecule has 0 bridgehead atoms. The molecule has 1 aromatic heterocycles. The van der Waals surface area contributed by atoms with Crippen LogP contribution < -0.4 is 15.5 Å². The number of piperidine rings is 1. The van der Waals surface area contributed by atoms with Crippen LogP contribution in [0.1, 0.15) is 19.8 Å². The standard InChI is InChI=1S/C18H23N5O2/c1-14(24)22(2)16-6-3-5-15(13-16)21-17(25)18(7-10-19-11-8-18)23-12-4-9-20-23/h3-6,9,12-13,19H,7-8,10-11H2,1-2H3,(H,21,25). The number of carbonyl (C=O) groups is 2. The summed E-state index contributed by atoms with van der Waals surface area (Å²) in [5.74, 6) is -0.143. The third kappa shape index (κ3) is 3.41. The molecule has 2 N–H and O–H groups in total. The predicted molar refractivity (Wildman–Crippen MR) is 96.5 cm³/mol. The Balaban J connectivity index is 1.85. The summed E-state index contributed by atoms with van der Waals surface area (Å²) in [6.07, 6.45) is 4.88. The van der Waals surface area contributed by atoms with Crippen molar-refractivity contribution >= 4 is 23.2 Å². The lowest BCUT2D eigenvalue weighted by Crippen LogP contribution is -2.52. The third-order valence-electron chi connectivity index (χ3n) is 4.76. The number of nitrogens with one attached hydrogen (secondary N) is 2. The Morgan fingerprint density at radius 2 is 2.04 bits per heavy atom. The van der Waals surface area contributed by atoms with Gasteiger partial charge in [0.2, 0.25) is 5.91 Å². The van der Waals surface area contributed by atoms with E-state index in [1.807, 2.05) is 30.5 Å². The van der Waals surface area contributed by atoms with Crippen LogP contribution in [-0.4, -0.2) is 41.7 Å². The van der Waals surface area contributed by atoms with Crippen LogP contribution in [0.2, 0.25) is 0 Å². The van der Waals surface area contributed by atoms with E-state index in [1.54, 1.807) is 28.9 Å². The first kappa shape index (κ1) is 17.2. The molecule has 1 aliphatic heterocycles. The van der Waals surface area contributed by atoms with Gasteiger partial charge in [-0.2, -0.15) is 5.10 Å². The first-order valence-electron chi connectivity index (χ1n) is 8.39. The molecular weight excluding hydrogens is 318 g/mol. The van der Waals surface area contributed by atoms with Gasteiger partial charge in [0, 0.05) is 37.7 Å². The molecule has 7 nitrogen and oxygen atoms in total. The molecule has 1 aromatic carbocycles. The minimum absolute atomic E-state index is 0.0603. The Labute approximate surface area is 147 Å². The average Bonchev–Trinajstić information content (AvgIpc) is 3.17. The van der Waals surface area contributed by atoms with E-state index in [4.69, 9.17) is 0 Å². The van der Waals surface area contributed by atoms with Crippen LogP contribution in [0, 0.1) is 0 Å². The van der Waals surface area contributed by atoms with Crippen LogP contribution >= 0.6 is 0 Å². The zero-order valence-corrected chi connectivity index (χ0v) is 14.5. The Bertz CT molecular complexity index is 751. The van der Waals surface area contributed by atoms with Crippen molar-refractivity contribution in [1.29, 1.82) is 0 Å². The number of anilines is 2. The second-order valence-electron chi connectivity index (χ2n) is 6.31. The van der Waals surface area contributed by atoms with E-state index < -0.39 is 5.54 Å². The fraction of sp³-hybridized carbons (Fsp3) is 0.389. The van der Waals surface area contributed by atoms with Crippen molar-refractivity contribution in [3.8, 4) is 0 Å². The fourth-order valence-electron chi connectivity index (χ4n) is 3.14. The Kier molecular flexibility index (Phi) is 4.85. The van der Waals surface area contributed by atoms with Gasteiger partial charge in [-0.15, -0.1) is 0 Å². The molecule has 2 aromatic rings. The van der Waals surface area contributed by atoms with Crippen molar-refractivity contribution < 1.29 is 9.59 Å². The number of rotatable bonds is 4. The fourth-order valence-corrected chi connectivity index (χ4v) is 3.14. The molecule has 0 aliphatic carbocycles. The molecule has 3 rings (SSSR count). The van der Waals surface area contributed by atoms with Crippen molar-refractivity contribution in [2.45, 2.75) is 25.3 Å². The van der Waals surface area contributed by atoms with E-state index >= 15 is 0 Å². The Morgan fingerprint density at radius 1 is 1.28 bits per heavy atom. The normalized spacial score (nSPS) is 16.2. The van der Waals surface area contributed by atoms with Crippen LogP contribution in [0.25, 0.3) is 0 Å². The molecule has 0 unspecified atom stereocenters. The van der Waals surface area contributed by atoms with Crippen LogP contribution in [-0.2, 0) is 15.1 Å². The first-order chi connectivity index (χ1) is 12.0. The summed E-state index contributed by atoms with van der Waals surface area (Å²) in [7, 11) is 1.71. The van der Waals surface area contributed by atoms with Gasteiger partial charge in [-0.25, -0.2) is 0 Å². The van der Waals surface area contributed by atoms with Gasteiger partial charge in [0.25, 0.3) is 5.91 Å². The quantitative estimate of drug-likeness (QED) is 0.885. The van der Waals surface area contributed by atoms with E-state index in [9.17, 15) is 9.59 Å². The summed E-state index contributed by atoms with van der Waals surface area (Å²) >= 11 is 0. The van der Waals surface area contributed by atoms with Gasteiger partial charge in [-0.1, -0.05) is 6.07 Å². The first-order valence-corrected chi connectivity index (χ1v) is 8.39. The summed E-state index contributed by atoms with van der Waals surface area (Å²) in [6, 6.07) is 9.13. The van der Waals surface area contributed by atoms with Gasteiger partial charge in [0.15, 0.2) is 0 Å². The van der Waals surface area contributed by atoms with E-state index in [2.05, 4.69) is 15.7 Å². The Morgan fingerprint density at radius 3 is 2.68 bits per heavy atom. The average molecular weight is 341 g/mol. The molecule has 2 heterocycles. The van der Waals surface area contributed by atoms with E-state index in [1.165, 1.54) is 6.92 Å². The van der Waals surface area contributed by atoms with Gasteiger partial charge in [-0.3, -0.25) is 14.3 Å². The van der Waals surface area contributed by atoms with Crippen LogP contribution in [0.3, 0.4) is 0 Å². The zero-order chi connectivity index (χ0) is 17.9. The number of hydrogen-bond acceptors (Lipinski definition) is 4. The zero-order valence-electron chi connectivity index (χ0n) is 14.5. The lowest BCUT2D eigenvalue weighted by Gasteiger charge is -2.36. The maximum Gasteiger partial charge on any atom is 0.252 e. The van der Waals surface area contributed by atoms with Gasteiger partial charge < -0.3 is 15.5 Å². The highest BCUT2D eigenvalue weighted by atomic mass is 16.2. The molecule has 132 valence electrons. The minimum Gasteiger partial charge on any atom is -0.324 e. The third-order valence-corrected chi connectivity index (χ3v) is 4.76. The number of hydrogen-bond donors (Lipinski definition) is 2. The Hall–Kier alpha value is -2.67. The lowest BCUT2D eigenvalue weighted by atomic mass is 9.87. The van der Waals surface area contributed by atoms with Crippen LogP contribution in [0.4, 0.5) is 11.4 Å². The van der Waals surface area contributed by atoms with Gasteiger partial charge >= 0.3 is 0 Å². The molecule has 7 heteroatoms. The molecule has 1 aliphatic rings. The number of carbonyl (C=O) groups excluding carboxylic acids is 2. The van der Waals surface area contributed by atoms with Crippen molar-refractivity contribution in [2.24, 2.45) is 0 Å². The van der Waals surface area contributed by atoms with Crippen molar-refractivity contribution in [1.82, 2.24) is 15.1 Å². The SMILES string of the molecule is CC(=O)N(C)c1cccc(NC(=O)C2(n3cccn3)CCNCC2)c1. The number of amides is 2. The molecule has 0 atom stereocenters. The predicted octanol–water partition coefficient (Wildman–Crippen LogP) is 1.58. The second-order valence-corrected chi connectivity index (χ2v) is 6.31. The summed E-state index contributed by atoms with van der Waals surface area (Å²) in [5.41, 5.74) is 0.710. The highest BCUT2D eigenvalue weighted by Gasteiger charge is 2.42. The summed E-state index contributed by atoms with van der Waals surface area (Å²) < 4.78 is 1.76. The van der Waals surface area contributed by atoms with Crippen LogP contribution in [0.5, 0.6) is 0 Å². The summed E-state index contributed by atoms with van der Waals surface area (Å²) in [6.45, 7) is 3.04. The molecule has 0 spiro atoms. The molecule has 25 heavy (non-hydrogen) atoms. The van der Waals surface area contributed by atoms with E-state index in [0.29, 0.717) is 18.5 Å². The molecule has 1 fully saturated rings. The van der Waals surface area contributed by atoms with E-state index in [-0.39, 0.29) is 11.8 Å². The van der Waals surface area contributed by atoms with Crippen molar-refractivity contribution in [3.63, 3.8) is 0 Å².